The Kier molecular flexibility index (Phi) is 3.63. The van der Waals surface area contributed by atoms with Crippen molar-refractivity contribution in [1.82, 2.24) is 4.90 Å². The first-order valence-corrected chi connectivity index (χ1v) is 7.33. The van der Waals surface area contributed by atoms with Crippen LogP contribution in [0.25, 0.3) is 0 Å². The molecule has 0 radical (unpaired) electrons. The van der Waals surface area contributed by atoms with Crippen LogP contribution in [0.4, 0.5) is 5.69 Å². The van der Waals surface area contributed by atoms with Crippen LogP contribution < -0.4 is 0 Å². The maximum atomic E-state index is 4.86. The third kappa shape index (κ3) is 2.58. The summed E-state index contributed by atoms with van der Waals surface area (Å²) < 4.78 is 0. The molecular weight excluding hydrogens is 220 g/mol. The lowest BCUT2D eigenvalue weighted by molar-refractivity contribution is 0.258. The molecule has 96 valence electrons. The second-order valence-electron chi connectivity index (χ2n) is 5.45. The van der Waals surface area contributed by atoms with Crippen molar-refractivity contribution < 1.29 is 0 Å². The fourth-order valence-electron chi connectivity index (χ4n) is 3.24. The van der Waals surface area contributed by atoms with E-state index < -0.39 is 0 Å². The highest BCUT2D eigenvalue weighted by Gasteiger charge is 2.27. The zero-order valence-electron chi connectivity index (χ0n) is 11.0. The highest BCUT2D eigenvalue weighted by molar-refractivity contribution is 5.86. The molecule has 0 spiro atoms. The van der Waals surface area contributed by atoms with Gasteiger partial charge in [0.15, 0.2) is 0 Å². The van der Waals surface area contributed by atoms with Crippen molar-refractivity contribution >= 4 is 11.5 Å². The Morgan fingerprint density at radius 1 is 0.944 bits per heavy atom. The van der Waals surface area contributed by atoms with Gasteiger partial charge in [-0.05, 0) is 31.4 Å². The monoisotopic (exact) mass is 242 g/mol. The molecule has 1 heterocycles. The van der Waals surface area contributed by atoms with Crippen LogP contribution in [-0.2, 0) is 0 Å². The number of likely N-dealkylation sites (tertiary alicyclic amines) is 1. The Hall–Kier alpha value is -1.31. The minimum absolute atomic E-state index is 0.767. The molecule has 1 saturated heterocycles. The summed E-state index contributed by atoms with van der Waals surface area (Å²) in [7, 11) is 0. The fraction of sp³-hybridized carbons (Fsp3) is 0.562. The number of nitrogens with zero attached hydrogens (tertiary/aromatic N) is 2. The van der Waals surface area contributed by atoms with Crippen molar-refractivity contribution in [2.24, 2.45) is 4.99 Å². The predicted molar refractivity (Wildman–Crippen MR) is 76.4 cm³/mol. The van der Waals surface area contributed by atoms with Gasteiger partial charge in [-0.25, -0.2) is 4.99 Å². The average Bonchev–Trinajstić information content (AvgIpc) is 2.89. The van der Waals surface area contributed by atoms with Crippen molar-refractivity contribution in [2.75, 3.05) is 6.54 Å². The molecule has 1 aromatic rings. The molecule has 0 aromatic heterocycles. The van der Waals surface area contributed by atoms with Crippen LogP contribution in [0.2, 0.25) is 0 Å². The van der Waals surface area contributed by atoms with Crippen LogP contribution in [0.1, 0.15) is 44.9 Å². The maximum absolute atomic E-state index is 4.86. The van der Waals surface area contributed by atoms with Crippen LogP contribution in [0, 0.1) is 0 Å². The minimum Gasteiger partial charge on any atom is -0.357 e. The maximum Gasteiger partial charge on any atom is 0.105 e. The van der Waals surface area contributed by atoms with Crippen molar-refractivity contribution in [1.29, 1.82) is 0 Å². The van der Waals surface area contributed by atoms with Crippen LogP contribution in [0.5, 0.6) is 0 Å². The molecular formula is C16H22N2. The van der Waals surface area contributed by atoms with Gasteiger partial charge < -0.3 is 4.90 Å². The van der Waals surface area contributed by atoms with Gasteiger partial charge in [-0.3, -0.25) is 0 Å². The largest absolute Gasteiger partial charge is 0.357 e. The van der Waals surface area contributed by atoms with E-state index in [4.69, 9.17) is 4.99 Å². The van der Waals surface area contributed by atoms with E-state index in [9.17, 15) is 0 Å². The molecule has 1 saturated carbocycles. The van der Waals surface area contributed by atoms with E-state index in [-0.39, 0.29) is 0 Å². The van der Waals surface area contributed by atoms with Crippen LogP contribution in [-0.4, -0.2) is 23.3 Å². The molecule has 1 aliphatic heterocycles. The standard InChI is InChI=1S/C16H22N2/c1-3-8-14(9-4-1)17-16-12-7-13-18(16)15-10-5-2-6-11-15/h1,3-4,8-9,15H,2,5-7,10-13H2. The summed E-state index contributed by atoms with van der Waals surface area (Å²) >= 11 is 0. The second-order valence-corrected chi connectivity index (χ2v) is 5.45. The topological polar surface area (TPSA) is 15.6 Å². The highest BCUT2D eigenvalue weighted by atomic mass is 15.2. The van der Waals surface area contributed by atoms with Crippen molar-refractivity contribution in [2.45, 2.75) is 51.0 Å². The number of hydrogen-bond acceptors (Lipinski definition) is 1. The molecule has 1 aliphatic carbocycles. The van der Waals surface area contributed by atoms with Gasteiger partial charge in [0.2, 0.25) is 0 Å². The van der Waals surface area contributed by atoms with Gasteiger partial charge in [-0.15, -0.1) is 0 Å². The molecule has 0 bridgehead atoms. The number of aliphatic imine (C=N–C) groups is 1. The average molecular weight is 242 g/mol. The van der Waals surface area contributed by atoms with E-state index in [0.717, 1.165) is 18.2 Å². The first kappa shape index (κ1) is 11.8. The van der Waals surface area contributed by atoms with Crippen molar-refractivity contribution in [3.8, 4) is 0 Å². The van der Waals surface area contributed by atoms with Gasteiger partial charge in [0.1, 0.15) is 5.84 Å². The molecule has 2 nitrogen and oxygen atoms in total. The minimum atomic E-state index is 0.767. The van der Waals surface area contributed by atoms with E-state index in [1.54, 1.807) is 0 Å². The quantitative estimate of drug-likeness (QED) is 0.761. The Labute approximate surface area is 110 Å². The lowest BCUT2D eigenvalue weighted by Gasteiger charge is -2.32. The van der Waals surface area contributed by atoms with Crippen molar-refractivity contribution in [3.05, 3.63) is 30.3 Å². The van der Waals surface area contributed by atoms with Crippen molar-refractivity contribution in [3.63, 3.8) is 0 Å². The molecule has 2 heteroatoms. The van der Waals surface area contributed by atoms with E-state index in [1.807, 2.05) is 0 Å². The summed E-state index contributed by atoms with van der Waals surface area (Å²) in [5, 5.41) is 0. The SMILES string of the molecule is c1ccc(N=C2CCCN2C2CCCCC2)cc1. The molecule has 0 N–H and O–H groups in total. The molecule has 0 amide bonds. The lowest BCUT2D eigenvalue weighted by Crippen LogP contribution is -2.37. The smallest absolute Gasteiger partial charge is 0.105 e. The molecule has 2 aliphatic rings. The third-order valence-corrected chi connectivity index (χ3v) is 4.16. The van der Waals surface area contributed by atoms with E-state index >= 15 is 0 Å². The first-order chi connectivity index (χ1) is 8.93. The molecule has 1 aromatic carbocycles. The number of para-hydroxylation sites is 1. The summed E-state index contributed by atoms with van der Waals surface area (Å²) in [5.41, 5.74) is 1.11. The zero-order chi connectivity index (χ0) is 12.2. The van der Waals surface area contributed by atoms with E-state index in [1.165, 1.54) is 50.9 Å². The van der Waals surface area contributed by atoms with Crippen LogP contribution in [0.15, 0.2) is 35.3 Å². The van der Waals surface area contributed by atoms with Gasteiger partial charge >= 0.3 is 0 Å². The van der Waals surface area contributed by atoms with E-state index in [0.29, 0.717) is 0 Å². The van der Waals surface area contributed by atoms with Gasteiger partial charge in [-0.1, -0.05) is 37.5 Å². The second kappa shape index (κ2) is 5.55. The molecule has 3 rings (SSSR count). The first-order valence-electron chi connectivity index (χ1n) is 7.33. The lowest BCUT2D eigenvalue weighted by atomic mass is 9.94. The summed E-state index contributed by atoms with van der Waals surface area (Å²) in [5.74, 6) is 1.33. The van der Waals surface area contributed by atoms with Gasteiger partial charge in [-0.2, -0.15) is 0 Å². The fourth-order valence-corrected chi connectivity index (χ4v) is 3.24. The van der Waals surface area contributed by atoms with Gasteiger partial charge in [0.05, 0.1) is 5.69 Å². The zero-order valence-corrected chi connectivity index (χ0v) is 11.0. The molecule has 18 heavy (non-hydrogen) atoms. The Balaban J connectivity index is 1.76. The summed E-state index contributed by atoms with van der Waals surface area (Å²) in [4.78, 5) is 7.45. The molecule has 2 fully saturated rings. The number of rotatable bonds is 2. The Bertz CT molecular complexity index is 404. The number of hydrogen-bond donors (Lipinski definition) is 0. The number of benzene rings is 1. The molecule has 0 unspecified atom stereocenters. The summed E-state index contributed by atoms with van der Waals surface area (Å²) in [6.45, 7) is 1.22. The normalized spacial score (nSPS) is 23.8. The summed E-state index contributed by atoms with van der Waals surface area (Å²) in [6, 6.07) is 11.2. The van der Waals surface area contributed by atoms with Gasteiger partial charge in [0, 0.05) is 19.0 Å². The number of amidine groups is 1. The Morgan fingerprint density at radius 2 is 1.72 bits per heavy atom. The van der Waals surface area contributed by atoms with Crippen LogP contribution in [0.3, 0.4) is 0 Å². The van der Waals surface area contributed by atoms with Crippen LogP contribution >= 0.6 is 0 Å². The Morgan fingerprint density at radius 3 is 2.50 bits per heavy atom. The molecule has 0 atom stereocenters. The van der Waals surface area contributed by atoms with E-state index in [2.05, 4.69) is 35.2 Å². The van der Waals surface area contributed by atoms with Gasteiger partial charge in [0.25, 0.3) is 0 Å². The predicted octanol–water partition coefficient (Wildman–Crippen LogP) is 4.15. The summed E-state index contributed by atoms with van der Waals surface area (Å²) in [6.07, 6.45) is 9.41. The third-order valence-electron chi connectivity index (χ3n) is 4.16. The highest BCUT2D eigenvalue weighted by Crippen LogP contribution is 2.28.